The normalized spacial score (nSPS) is 23.1. The molecule has 0 amide bonds. The van der Waals surface area contributed by atoms with Crippen molar-refractivity contribution in [2.75, 3.05) is 26.4 Å². The third-order valence-corrected chi connectivity index (χ3v) is 8.06. The van der Waals surface area contributed by atoms with Crippen LogP contribution in [0.15, 0.2) is 36.4 Å². The van der Waals surface area contributed by atoms with E-state index < -0.39 is 35.7 Å². The van der Waals surface area contributed by atoms with E-state index in [1.807, 2.05) is 0 Å². The molecular formula is C32H36O12. The minimum Gasteiger partial charge on any atom is -0.507 e. The molecule has 0 aromatic heterocycles. The van der Waals surface area contributed by atoms with Gasteiger partial charge in [0, 0.05) is 13.2 Å². The number of carbonyl (C=O) groups is 4. The number of aromatic hydroxyl groups is 2. The van der Waals surface area contributed by atoms with Gasteiger partial charge < -0.3 is 38.6 Å². The zero-order valence-corrected chi connectivity index (χ0v) is 24.2. The number of phenols is 2. The Kier molecular flexibility index (Phi) is 10.3. The third-order valence-electron chi connectivity index (χ3n) is 8.06. The number of carbonyl (C=O) groups excluding carboxylic acids is 4. The topological polar surface area (TPSA) is 164 Å². The van der Waals surface area contributed by atoms with Crippen LogP contribution in [0.25, 0.3) is 0 Å². The molecule has 236 valence electrons. The van der Waals surface area contributed by atoms with Gasteiger partial charge in [-0.2, -0.15) is 0 Å². The lowest BCUT2D eigenvalue weighted by Crippen LogP contribution is -2.30. The van der Waals surface area contributed by atoms with E-state index in [4.69, 9.17) is 28.4 Å². The maximum absolute atomic E-state index is 12.9. The fourth-order valence-corrected chi connectivity index (χ4v) is 5.49. The summed E-state index contributed by atoms with van der Waals surface area (Å²) in [5.74, 6) is -3.85. The molecule has 2 unspecified atom stereocenters. The molecule has 2 aromatic rings. The van der Waals surface area contributed by atoms with Crippen molar-refractivity contribution in [2.24, 2.45) is 11.8 Å². The Bertz CT molecular complexity index is 1250. The summed E-state index contributed by atoms with van der Waals surface area (Å²) in [6.45, 7) is 1.39. The predicted molar refractivity (Wildman–Crippen MR) is 151 cm³/mol. The summed E-state index contributed by atoms with van der Waals surface area (Å²) in [5.41, 5.74) is -0.235. The molecule has 2 saturated heterocycles. The molecule has 3 aliphatic rings. The van der Waals surface area contributed by atoms with Crippen molar-refractivity contribution in [3.63, 3.8) is 0 Å². The Morgan fingerprint density at radius 3 is 1.41 bits per heavy atom. The van der Waals surface area contributed by atoms with Crippen LogP contribution in [0.3, 0.4) is 0 Å². The van der Waals surface area contributed by atoms with Gasteiger partial charge in [0.05, 0.1) is 24.0 Å². The average Bonchev–Trinajstić information content (AvgIpc) is 3.75. The van der Waals surface area contributed by atoms with E-state index >= 15 is 0 Å². The molecule has 0 bridgehead atoms. The van der Waals surface area contributed by atoms with Crippen molar-refractivity contribution >= 4 is 23.9 Å². The smallest absolute Gasteiger partial charge is 0.342 e. The van der Waals surface area contributed by atoms with Crippen LogP contribution >= 0.6 is 0 Å². The van der Waals surface area contributed by atoms with Crippen molar-refractivity contribution in [1.29, 1.82) is 0 Å². The van der Waals surface area contributed by atoms with Crippen LogP contribution in [-0.2, 0) is 28.5 Å². The van der Waals surface area contributed by atoms with Crippen LogP contribution in [0.5, 0.6) is 23.0 Å². The van der Waals surface area contributed by atoms with Crippen molar-refractivity contribution in [3.05, 3.63) is 47.5 Å². The highest BCUT2D eigenvalue weighted by molar-refractivity contribution is 5.94. The Labute approximate surface area is 254 Å². The van der Waals surface area contributed by atoms with Crippen LogP contribution in [0, 0.1) is 11.8 Å². The molecule has 3 fully saturated rings. The molecule has 1 aliphatic carbocycles. The predicted octanol–water partition coefficient (Wildman–Crippen LogP) is 4.09. The van der Waals surface area contributed by atoms with Crippen molar-refractivity contribution in [1.82, 2.24) is 0 Å². The summed E-state index contributed by atoms with van der Waals surface area (Å²) in [6.07, 6.45) is 4.56. The first-order chi connectivity index (χ1) is 21.3. The Balaban J connectivity index is 1.09. The maximum atomic E-state index is 12.9. The van der Waals surface area contributed by atoms with Crippen LogP contribution in [0.2, 0.25) is 0 Å². The molecule has 44 heavy (non-hydrogen) atoms. The Morgan fingerprint density at radius 2 is 1.05 bits per heavy atom. The number of hydrogen-bond acceptors (Lipinski definition) is 12. The highest BCUT2D eigenvalue weighted by atomic mass is 16.6. The van der Waals surface area contributed by atoms with Crippen molar-refractivity contribution < 1.29 is 57.8 Å². The maximum Gasteiger partial charge on any atom is 0.342 e. The first kappa shape index (κ1) is 31.3. The van der Waals surface area contributed by atoms with Gasteiger partial charge in [-0.15, -0.1) is 0 Å². The molecule has 12 heteroatoms. The van der Waals surface area contributed by atoms with Gasteiger partial charge in [-0.25, -0.2) is 9.59 Å². The second-order valence-electron chi connectivity index (χ2n) is 11.2. The first-order valence-electron chi connectivity index (χ1n) is 14.9. The molecule has 0 spiro atoms. The lowest BCUT2D eigenvalue weighted by atomic mass is 9.82. The van der Waals surface area contributed by atoms with Gasteiger partial charge in [-0.05, 0) is 87.8 Å². The molecule has 2 atom stereocenters. The van der Waals surface area contributed by atoms with Gasteiger partial charge in [-0.3, -0.25) is 9.59 Å². The molecular weight excluding hydrogens is 576 g/mol. The molecule has 2 aliphatic heterocycles. The second kappa shape index (κ2) is 14.5. The van der Waals surface area contributed by atoms with E-state index in [0.717, 1.165) is 25.7 Å². The molecule has 2 aromatic carbocycles. The summed E-state index contributed by atoms with van der Waals surface area (Å²) >= 11 is 0. The first-order valence-corrected chi connectivity index (χ1v) is 14.9. The zero-order valence-electron chi connectivity index (χ0n) is 24.2. The van der Waals surface area contributed by atoms with E-state index in [9.17, 15) is 29.4 Å². The number of rotatable bonds is 10. The number of phenolic OH excluding ortho intramolecular Hbond substituents is 2. The third kappa shape index (κ3) is 8.06. The number of esters is 4. The monoisotopic (exact) mass is 612 g/mol. The molecule has 5 rings (SSSR count). The van der Waals surface area contributed by atoms with Gasteiger partial charge in [0.15, 0.2) is 0 Å². The number of ether oxygens (including phenoxy) is 6. The Morgan fingerprint density at radius 1 is 0.636 bits per heavy atom. The minimum absolute atomic E-state index is 0.0740. The van der Waals surface area contributed by atoms with Gasteiger partial charge in [0.2, 0.25) is 0 Å². The standard InChI is InChI=1S/C32H36O12/c33-27-11-9-21(15-25(27)31(37)41-17-23-3-1-13-39-23)43-29(35)19-5-7-20(8-6-19)30(36)44-22-10-12-28(34)26(16-22)32(38)42-18-24-4-2-14-40-24/h9-12,15-16,19-20,23-24,33-34H,1-8,13-14,17-18H2. The van der Waals surface area contributed by atoms with E-state index in [1.165, 1.54) is 36.4 Å². The molecule has 12 nitrogen and oxygen atoms in total. The van der Waals surface area contributed by atoms with Crippen LogP contribution in [-0.4, -0.2) is 72.7 Å². The Hall–Kier alpha value is -4.16. The van der Waals surface area contributed by atoms with Gasteiger partial charge in [0.25, 0.3) is 0 Å². The van der Waals surface area contributed by atoms with E-state index in [0.29, 0.717) is 38.9 Å². The van der Waals surface area contributed by atoms with Crippen LogP contribution < -0.4 is 9.47 Å². The van der Waals surface area contributed by atoms with Crippen molar-refractivity contribution in [3.8, 4) is 23.0 Å². The highest BCUT2D eigenvalue weighted by Crippen LogP contribution is 2.33. The average molecular weight is 613 g/mol. The van der Waals surface area contributed by atoms with Crippen LogP contribution in [0.4, 0.5) is 0 Å². The van der Waals surface area contributed by atoms with E-state index in [1.54, 1.807) is 0 Å². The van der Waals surface area contributed by atoms with Crippen molar-refractivity contribution in [2.45, 2.75) is 63.6 Å². The number of benzene rings is 2. The SMILES string of the molecule is O=C(OCC1CCCO1)c1cc(OC(=O)C2CCC(C(=O)Oc3ccc(O)c(C(=O)OCC4CCCO4)c3)CC2)ccc1O. The van der Waals surface area contributed by atoms with Gasteiger partial charge in [0.1, 0.15) is 47.3 Å². The second-order valence-corrected chi connectivity index (χ2v) is 11.2. The molecule has 1 saturated carbocycles. The molecule has 0 radical (unpaired) electrons. The lowest BCUT2D eigenvalue weighted by molar-refractivity contribution is -0.145. The summed E-state index contributed by atoms with van der Waals surface area (Å²) in [4.78, 5) is 50.7. The minimum atomic E-state index is -0.744. The summed E-state index contributed by atoms with van der Waals surface area (Å²) in [7, 11) is 0. The molecule has 2 heterocycles. The van der Waals surface area contributed by atoms with E-state index in [-0.39, 0.29) is 59.5 Å². The fraction of sp³-hybridized carbons (Fsp3) is 0.500. The van der Waals surface area contributed by atoms with Gasteiger partial charge in [-0.1, -0.05) is 0 Å². The lowest BCUT2D eigenvalue weighted by Gasteiger charge is -2.26. The largest absolute Gasteiger partial charge is 0.507 e. The van der Waals surface area contributed by atoms with Gasteiger partial charge >= 0.3 is 23.9 Å². The van der Waals surface area contributed by atoms with Crippen LogP contribution in [0.1, 0.15) is 72.1 Å². The number of hydrogen-bond donors (Lipinski definition) is 2. The molecule has 2 N–H and O–H groups in total. The van der Waals surface area contributed by atoms with E-state index in [2.05, 4.69) is 0 Å². The fourth-order valence-electron chi connectivity index (χ4n) is 5.49. The summed E-state index contributed by atoms with van der Waals surface area (Å²) in [6, 6.07) is 7.82. The highest BCUT2D eigenvalue weighted by Gasteiger charge is 2.33. The zero-order chi connectivity index (χ0) is 31.1. The summed E-state index contributed by atoms with van der Waals surface area (Å²) < 4.78 is 32.4. The summed E-state index contributed by atoms with van der Waals surface area (Å²) in [5, 5.41) is 20.3. The quantitative estimate of drug-likeness (QED) is 0.292.